The first-order chi connectivity index (χ1) is 2.00. The van der Waals surface area contributed by atoms with Crippen LogP contribution in [0, 0.1) is 0 Å². The molecule has 7 heavy (non-hydrogen) atoms. The van der Waals surface area contributed by atoms with Gasteiger partial charge in [0.15, 0.2) is 0 Å². The average Bonchev–Trinajstić information content (AvgIpc) is 0.722. The summed E-state index contributed by atoms with van der Waals surface area (Å²) in [6.45, 7) is 0. The third kappa shape index (κ3) is 52.6. The van der Waals surface area contributed by atoms with E-state index in [0.29, 0.717) is 0 Å². The van der Waals surface area contributed by atoms with Gasteiger partial charge in [-0.2, -0.15) is 0 Å². The molecule has 0 aromatic rings. The second-order valence-corrected chi connectivity index (χ2v) is 3.86. The number of hydrogen-bond acceptors (Lipinski definition) is 1. The standard InChI is InChI=1S/CCl4.K.H2O/c2-1(3,4)5;;/h;;1H2/q;+1;/p-1. The maximum Gasteiger partial charge on any atom is 1.00 e. The van der Waals surface area contributed by atoms with Crippen LogP contribution in [0.5, 0.6) is 0 Å². The first-order valence-corrected chi connectivity index (χ1v) is 2.27. The first kappa shape index (κ1) is 16.4. The fraction of sp³-hybridized carbons (Fsp3) is 1.00. The molecule has 0 aromatic carbocycles. The molecule has 0 aliphatic carbocycles. The summed E-state index contributed by atoms with van der Waals surface area (Å²) in [4.78, 5) is 0. The average molecular weight is 210 g/mol. The normalized spacial score (nSPS) is 8.57. The first-order valence-electron chi connectivity index (χ1n) is 0.756. The fourth-order valence-corrected chi connectivity index (χ4v) is 0. The molecule has 0 aliphatic heterocycles. The zero-order valence-electron chi connectivity index (χ0n) is 3.46. The van der Waals surface area contributed by atoms with E-state index in [9.17, 15) is 0 Å². The van der Waals surface area contributed by atoms with E-state index in [4.69, 9.17) is 46.4 Å². The van der Waals surface area contributed by atoms with Gasteiger partial charge in [-0.05, 0) is 0 Å². The van der Waals surface area contributed by atoms with Crippen molar-refractivity contribution in [3.05, 3.63) is 0 Å². The Bertz CT molecular complexity index is 27.2. The molecule has 0 atom stereocenters. The van der Waals surface area contributed by atoms with E-state index in [0.717, 1.165) is 0 Å². The van der Waals surface area contributed by atoms with Gasteiger partial charge in [0, 0.05) is 0 Å². The minimum atomic E-state index is -1.61. The summed E-state index contributed by atoms with van der Waals surface area (Å²) in [5, 5.41) is 0. The summed E-state index contributed by atoms with van der Waals surface area (Å²) in [7, 11) is 0. The van der Waals surface area contributed by atoms with Crippen molar-refractivity contribution in [2.24, 2.45) is 0 Å². The van der Waals surface area contributed by atoms with Gasteiger partial charge in [0.05, 0.1) is 0 Å². The van der Waals surface area contributed by atoms with Gasteiger partial charge in [0.1, 0.15) is 0 Å². The van der Waals surface area contributed by atoms with E-state index in [-0.39, 0.29) is 56.9 Å². The van der Waals surface area contributed by atoms with Gasteiger partial charge in [-0.3, -0.25) is 0 Å². The van der Waals surface area contributed by atoms with Crippen LogP contribution in [0.1, 0.15) is 0 Å². The van der Waals surface area contributed by atoms with Gasteiger partial charge in [-0.15, -0.1) is 0 Å². The van der Waals surface area contributed by atoms with Crippen molar-refractivity contribution in [3.63, 3.8) is 0 Å². The predicted molar refractivity (Wildman–Crippen MR) is 28.1 cm³/mol. The van der Waals surface area contributed by atoms with E-state index in [1.165, 1.54) is 0 Å². The van der Waals surface area contributed by atoms with Gasteiger partial charge in [-0.1, -0.05) is 46.4 Å². The molecule has 6 heteroatoms. The molecule has 0 unspecified atom stereocenters. The molecule has 0 amide bonds. The Morgan fingerprint density at radius 2 is 0.857 bits per heavy atom. The molecule has 0 spiro atoms. The minimum Gasteiger partial charge on any atom is -0.870 e. The van der Waals surface area contributed by atoms with Crippen molar-refractivity contribution in [1.29, 1.82) is 0 Å². The van der Waals surface area contributed by atoms with Crippen LogP contribution in [-0.4, -0.2) is 8.73 Å². The van der Waals surface area contributed by atoms with Crippen molar-refractivity contribution in [1.82, 2.24) is 0 Å². The molecule has 1 N–H and O–H groups in total. The molecule has 0 bridgehead atoms. The Balaban J connectivity index is -0.0000000800. The van der Waals surface area contributed by atoms with Gasteiger partial charge < -0.3 is 5.48 Å². The molecule has 1 nitrogen and oxygen atoms in total. The third-order valence-corrected chi connectivity index (χ3v) is 0. The molecular formula is CHCl4KO. The van der Waals surface area contributed by atoms with Crippen LogP contribution in [0.2, 0.25) is 0 Å². The van der Waals surface area contributed by atoms with Crippen LogP contribution in [-0.2, 0) is 0 Å². The molecule has 0 saturated heterocycles. The number of hydrogen-bond donors (Lipinski definition) is 0. The predicted octanol–water partition coefficient (Wildman–Crippen LogP) is -0.620. The maximum absolute atomic E-state index is 4.83. The summed E-state index contributed by atoms with van der Waals surface area (Å²) in [6, 6.07) is 0. The molecule has 0 fully saturated rings. The van der Waals surface area contributed by atoms with E-state index in [1.54, 1.807) is 0 Å². The van der Waals surface area contributed by atoms with Gasteiger partial charge in [0.2, 0.25) is 0 Å². The third-order valence-electron chi connectivity index (χ3n) is 0. The summed E-state index contributed by atoms with van der Waals surface area (Å²) in [5.41, 5.74) is 0. The molecule has 0 aliphatic rings. The second kappa shape index (κ2) is 6.87. The van der Waals surface area contributed by atoms with Crippen LogP contribution in [0.25, 0.3) is 0 Å². The van der Waals surface area contributed by atoms with E-state index < -0.39 is 3.25 Å². The van der Waals surface area contributed by atoms with Crippen LogP contribution in [0.15, 0.2) is 0 Å². The van der Waals surface area contributed by atoms with E-state index in [1.807, 2.05) is 0 Å². The number of halogens is 4. The minimum absolute atomic E-state index is 0. The van der Waals surface area contributed by atoms with E-state index in [2.05, 4.69) is 0 Å². The van der Waals surface area contributed by atoms with Crippen molar-refractivity contribution < 1.29 is 56.9 Å². The number of rotatable bonds is 0. The Morgan fingerprint density at radius 3 is 0.857 bits per heavy atom. The van der Waals surface area contributed by atoms with Crippen LogP contribution in [0.3, 0.4) is 0 Å². The van der Waals surface area contributed by atoms with E-state index >= 15 is 0 Å². The zero-order valence-corrected chi connectivity index (χ0v) is 9.61. The largest absolute Gasteiger partial charge is 1.00 e. The quantitative estimate of drug-likeness (QED) is 0.387. The topological polar surface area (TPSA) is 30.0 Å². The molecular weight excluding hydrogens is 209 g/mol. The van der Waals surface area contributed by atoms with Crippen molar-refractivity contribution >= 4 is 46.4 Å². The van der Waals surface area contributed by atoms with Crippen molar-refractivity contribution in [2.75, 3.05) is 0 Å². The smallest absolute Gasteiger partial charge is 0.870 e. The molecule has 40 valence electrons. The van der Waals surface area contributed by atoms with Crippen molar-refractivity contribution in [2.45, 2.75) is 3.25 Å². The fourth-order valence-electron chi connectivity index (χ4n) is 0. The van der Waals surface area contributed by atoms with Crippen LogP contribution < -0.4 is 51.4 Å². The summed E-state index contributed by atoms with van der Waals surface area (Å²) in [6.07, 6.45) is 0. The van der Waals surface area contributed by atoms with Crippen molar-refractivity contribution in [3.8, 4) is 0 Å². The Kier molecular flexibility index (Phi) is 16.1. The number of alkyl halides is 4. The molecule has 0 saturated carbocycles. The summed E-state index contributed by atoms with van der Waals surface area (Å²) in [5.74, 6) is 0. The zero-order chi connectivity index (χ0) is 4.50. The second-order valence-electron chi connectivity index (χ2n) is 0.429. The molecule has 0 rings (SSSR count). The Morgan fingerprint density at radius 1 is 0.857 bits per heavy atom. The van der Waals surface area contributed by atoms with Crippen LogP contribution in [0.4, 0.5) is 0 Å². The van der Waals surface area contributed by atoms with Gasteiger partial charge >= 0.3 is 51.4 Å². The van der Waals surface area contributed by atoms with Gasteiger partial charge in [-0.25, -0.2) is 0 Å². The summed E-state index contributed by atoms with van der Waals surface area (Å²) < 4.78 is -1.61. The Hall–Kier alpha value is 2.76. The Labute approximate surface area is 104 Å². The SMILES string of the molecule is ClC(Cl)(Cl)Cl.[K+].[OH-]. The monoisotopic (exact) mass is 208 g/mol. The molecule has 0 heterocycles. The maximum atomic E-state index is 4.83. The molecule has 0 aromatic heterocycles. The summed E-state index contributed by atoms with van der Waals surface area (Å²) >= 11 is 19.3. The van der Waals surface area contributed by atoms with Crippen LogP contribution >= 0.6 is 46.4 Å². The molecule has 0 radical (unpaired) electrons. The van der Waals surface area contributed by atoms with Gasteiger partial charge in [0.25, 0.3) is 3.25 Å².